The Labute approximate surface area is 163 Å². The van der Waals surface area contributed by atoms with E-state index in [1.165, 1.54) is 23.1 Å². The summed E-state index contributed by atoms with van der Waals surface area (Å²) in [5.41, 5.74) is 0.668. The highest BCUT2D eigenvalue weighted by Crippen LogP contribution is 2.28. The predicted molar refractivity (Wildman–Crippen MR) is 107 cm³/mol. The fourth-order valence-electron chi connectivity index (χ4n) is 2.72. The summed E-state index contributed by atoms with van der Waals surface area (Å²) in [6.45, 7) is 2.67. The second-order valence-corrected chi connectivity index (χ2v) is 7.93. The lowest BCUT2D eigenvalue weighted by Crippen LogP contribution is -2.38. The maximum atomic E-state index is 12.3. The van der Waals surface area contributed by atoms with Gasteiger partial charge in [-0.15, -0.1) is 11.3 Å². The smallest absolute Gasteiger partial charge is 0.289 e. The van der Waals surface area contributed by atoms with Gasteiger partial charge in [-0.1, -0.05) is 12.1 Å². The van der Waals surface area contributed by atoms with Crippen LogP contribution in [-0.4, -0.2) is 54.4 Å². The number of aromatic amines is 1. The minimum absolute atomic E-state index is 0.216. The van der Waals surface area contributed by atoms with E-state index in [2.05, 4.69) is 9.98 Å². The second kappa shape index (κ2) is 7.71. The Morgan fingerprint density at radius 3 is 2.67 bits per heavy atom. The van der Waals surface area contributed by atoms with Gasteiger partial charge in [-0.3, -0.25) is 9.59 Å². The van der Waals surface area contributed by atoms with E-state index in [4.69, 9.17) is 9.47 Å². The largest absolute Gasteiger partial charge is 0.497 e. The number of ether oxygens (including phenoxy) is 2. The van der Waals surface area contributed by atoms with E-state index < -0.39 is 0 Å². The molecule has 2 aliphatic heterocycles. The molecule has 4 rings (SSSR count). The number of amides is 1. The number of morpholine rings is 1. The number of hydrogen-bond donors (Lipinski definition) is 1. The molecule has 2 aliphatic rings. The summed E-state index contributed by atoms with van der Waals surface area (Å²) >= 11 is 2.57. The number of methoxy groups -OCH3 is 1. The number of nitrogens with zero attached hydrogens (tertiary/aromatic N) is 2. The topological polar surface area (TPSA) is 84.0 Å². The number of thioether (sulfide) groups is 1. The number of amidine groups is 1. The first-order chi connectivity index (χ1) is 13.1. The standard InChI is InChI=1S/C18H17N3O4S2/c1-24-12-4-2-11(3-5-12)10-13-15(22)19-17(26-13)14-16(23)20-18(27-14)21-6-8-25-9-7-21/h2-5,10H,6-9H2,1H3,(H,19,22)/b13-10?,17-14-. The Morgan fingerprint density at radius 1 is 1.22 bits per heavy atom. The van der Waals surface area contributed by atoms with Crippen molar-refractivity contribution in [3.8, 4) is 5.75 Å². The summed E-state index contributed by atoms with van der Waals surface area (Å²) in [7, 11) is 1.61. The Bertz CT molecular complexity index is 1060. The van der Waals surface area contributed by atoms with Crippen LogP contribution in [0.25, 0.3) is 11.0 Å². The summed E-state index contributed by atoms with van der Waals surface area (Å²) in [6.07, 6.45) is 1.79. The molecule has 1 saturated heterocycles. The Balaban J connectivity index is 1.65. The van der Waals surface area contributed by atoms with Crippen molar-refractivity contribution in [1.29, 1.82) is 0 Å². The van der Waals surface area contributed by atoms with Crippen molar-refractivity contribution < 1.29 is 14.3 Å². The normalized spacial score (nSPS) is 20.2. The Kier molecular flexibility index (Phi) is 5.15. The summed E-state index contributed by atoms with van der Waals surface area (Å²) in [4.78, 5) is 34.1. The first-order valence-electron chi connectivity index (χ1n) is 8.37. The monoisotopic (exact) mass is 403 g/mol. The van der Waals surface area contributed by atoms with Gasteiger partial charge in [-0.05, 0) is 35.5 Å². The van der Waals surface area contributed by atoms with Crippen LogP contribution in [0, 0.1) is 0 Å². The Hall–Kier alpha value is -2.36. The van der Waals surface area contributed by atoms with Crippen molar-refractivity contribution in [2.75, 3.05) is 33.4 Å². The molecule has 1 aromatic carbocycles. The number of hydrogen-bond acceptors (Lipinski definition) is 7. The number of H-pyrrole nitrogens is 1. The van der Waals surface area contributed by atoms with E-state index >= 15 is 0 Å². The lowest BCUT2D eigenvalue weighted by molar-refractivity contribution is -0.112. The van der Waals surface area contributed by atoms with Gasteiger partial charge in [0, 0.05) is 13.1 Å². The van der Waals surface area contributed by atoms with Crippen LogP contribution in [0.5, 0.6) is 5.75 Å². The molecule has 0 bridgehead atoms. The SMILES string of the molecule is COc1ccc(C=c2s/c(=C3\SC(N4CCOCC4)=NC3=O)[nH]c2=O)cc1. The van der Waals surface area contributed by atoms with Crippen LogP contribution < -0.4 is 19.5 Å². The molecule has 140 valence electrons. The van der Waals surface area contributed by atoms with Crippen molar-refractivity contribution in [2.24, 2.45) is 4.99 Å². The van der Waals surface area contributed by atoms with Gasteiger partial charge in [0.15, 0.2) is 5.17 Å². The van der Waals surface area contributed by atoms with Gasteiger partial charge in [0.2, 0.25) is 0 Å². The van der Waals surface area contributed by atoms with Gasteiger partial charge in [-0.25, -0.2) is 0 Å². The van der Waals surface area contributed by atoms with Crippen LogP contribution in [0.1, 0.15) is 5.56 Å². The molecule has 1 amide bonds. The molecular weight excluding hydrogens is 386 g/mol. The van der Waals surface area contributed by atoms with E-state index in [9.17, 15) is 9.59 Å². The molecule has 9 heteroatoms. The third-order valence-corrected chi connectivity index (χ3v) is 6.43. The lowest BCUT2D eigenvalue weighted by Gasteiger charge is -2.27. The van der Waals surface area contributed by atoms with Gasteiger partial charge in [0.05, 0.1) is 24.9 Å². The quantitative estimate of drug-likeness (QED) is 0.779. The van der Waals surface area contributed by atoms with Crippen LogP contribution in [0.15, 0.2) is 34.1 Å². The summed E-state index contributed by atoms with van der Waals surface area (Å²) in [5, 5.41) is 0.674. The molecule has 1 aromatic heterocycles. The van der Waals surface area contributed by atoms with Crippen LogP contribution in [-0.2, 0) is 9.53 Å². The first-order valence-corrected chi connectivity index (χ1v) is 10.00. The van der Waals surface area contributed by atoms with Crippen molar-refractivity contribution in [2.45, 2.75) is 0 Å². The summed E-state index contributed by atoms with van der Waals surface area (Å²) in [6, 6.07) is 7.42. The third-order valence-electron chi connectivity index (χ3n) is 4.15. The fraction of sp³-hybridized carbons (Fsp3) is 0.278. The number of carbonyl (C=O) groups is 1. The minimum Gasteiger partial charge on any atom is -0.497 e. The van der Waals surface area contributed by atoms with E-state index in [0.29, 0.717) is 45.6 Å². The zero-order chi connectivity index (χ0) is 18.8. The number of nitrogens with one attached hydrogen (secondary N) is 1. The van der Waals surface area contributed by atoms with Gasteiger partial charge < -0.3 is 19.4 Å². The molecular formula is C18H17N3O4S2. The number of benzene rings is 1. The molecule has 0 saturated carbocycles. The maximum absolute atomic E-state index is 12.3. The van der Waals surface area contributed by atoms with Crippen molar-refractivity contribution in [3.05, 3.63) is 49.4 Å². The highest BCUT2D eigenvalue weighted by atomic mass is 32.2. The molecule has 0 radical (unpaired) electrons. The van der Waals surface area contributed by atoms with E-state index in [1.807, 2.05) is 29.2 Å². The van der Waals surface area contributed by atoms with Gasteiger partial charge in [0.25, 0.3) is 11.5 Å². The fourth-order valence-corrected chi connectivity index (χ4v) is 4.76. The summed E-state index contributed by atoms with van der Waals surface area (Å²) < 4.78 is 11.6. The first kappa shape index (κ1) is 18.0. The zero-order valence-corrected chi connectivity index (χ0v) is 16.2. The van der Waals surface area contributed by atoms with Crippen LogP contribution >= 0.6 is 23.1 Å². The second-order valence-electron chi connectivity index (χ2n) is 5.90. The molecule has 27 heavy (non-hydrogen) atoms. The number of carbonyl (C=O) groups excluding carboxylic acids is 1. The highest BCUT2D eigenvalue weighted by Gasteiger charge is 2.28. The van der Waals surface area contributed by atoms with Crippen LogP contribution in [0.2, 0.25) is 0 Å². The summed E-state index contributed by atoms with van der Waals surface area (Å²) in [5.74, 6) is 0.444. The van der Waals surface area contributed by atoms with Crippen molar-refractivity contribution >= 4 is 45.2 Å². The number of thiazole rings is 1. The van der Waals surface area contributed by atoms with Crippen molar-refractivity contribution in [3.63, 3.8) is 0 Å². The molecule has 1 fully saturated rings. The average molecular weight is 403 g/mol. The maximum Gasteiger partial charge on any atom is 0.289 e. The van der Waals surface area contributed by atoms with Gasteiger partial charge >= 0.3 is 0 Å². The molecule has 0 aliphatic carbocycles. The van der Waals surface area contributed by atoms with E-state index in [1.54, 1.807) is 13.2 Å². The van der Waals surface area contributed by atoms with Crippen LogP contribution in [0.4, 0.5) is 0 Å². The predicted octanol–water partition coefficient (Wildman–Crippen LogP) is 0.344. The zero-order valence-electron chi connectivity index (χ0n) is 14.6. The molecule has 0 atom stereocenters. The molecule has 0 unspecified atom stereocenters. The van der Waals surface area contributed by atoms with E-state index in [0.717, 1.165) is 11.3 Å². The number of rotatable bonds is 2. The van der Waals surface area contributed by atoms with Gasteiger partial charge in [-0.2, -0.15) is 4.99 Å². The highest BCUT2D eigenvalue weighted by molar-refractivity contribution is 8.23. The molecule has 2 aromatic rings. The van der Waals surface area contributed by atoms with Gasteiger partial charge in [0.1, 0.15) is 15.3 Å². The molecule has 1 N–H and O–H groups in total. The van der Waals surface area contributed by atoms with Crippen LogP contribution in [0.3, 0.4) is 0 Å². The molecule has 3 heterocycles. The lowest BCUT2D eigenvalue weighted by atomic mass is 10.2. The third kappa shape index (κ3) is 3.85. The number of aromatic nitrogens is 1. The molecule has 7 nitrogen and oxygen atoms in total. The molecule has 0 spiro atoms. The Morgan fingerprint density at radius 2 is 1.96 bits per heavy atom. The minimum atomic E-state index is -0.310. The number of aliphatic imine (C=N–C) groups is 1. The van der Waals surface area contributed by atoms with E-state index in [-0.39, 0.29) is 11.5 Å². The average Bonchev–Trinajstić information content (AvgIpc) is 3.26. The van der Waals surface area contributed by atoms with Crippen molar-refractivity contribution in [1.82, 2.24) is 9.88 Å².